The second kappa shape index (κ2) is 6.28. The van der Waals surface area contributed by atoms with Crippen LogP contribution in [0.1, 0.15) is 41.6 Å². The van der Waals surface area contributed by atoms with E-state index in [0.717, 1.165) is 31.5 Å². The molecule has 1 amide bonds. The second-order valence-electron chi connectivity index (χ2n) is 6.82. The number of nitrogens with zero attached hydrogens (tertiary/aromatic N) is 2. The lowest BCUT2D eigenvalue weighted by Crippen LogP contribution is -2.47. The molecular formula is C17H23N3O3. The van der Waals surface area contributed by atoms with E-state index < -0.39 is 4.92 Å². The van der Waals surface area contributed by atoms with Crippen molar-refractivity contribution in [2.75, 3.05) is 26.2 Å². The summed E-state index contributed by atoms with van der Waals surface area (Å²) in [5.41, 5.74) is 1.35. The molecule has 0 aromatic heterocycles. The van der Waals surface area contributed by atoms with Crippen LogP contribution >= 0.6 is 0 Å². The third kappa shape index (κ3) is 3.22. The average molecular weight is 317 g/mol. The van der Waals surface area contributed by atoms with E-state index in [-0.39, 0.29) is 17.2 Å². The molecule has 0 saturated carbocycles. The van der Waals surface area contributed by atoms with Gasteiger partial charge < -0.3 is 10.2 Å². The third-order valence-corrected chi connectivity index (χ3v) is 5.35. The molecule has 1 aromatic carbocycles. The molecule has 124 valence electrons. The quantitative estimate of drug-likeness (QED) is 0.672. The summed E-state index contributed by atoms with van der Waals surface area (Å²) in [5, 5.41) is 14.6. The number of nitrogens with one attached hydrogen (secondary N) is 1. The summed E-state index contributed by atoms with van der Waals surface area (Å²) < 4.78 is 0. The van der Waals surface area contributed by atoms with Crippen molar-refractivity contribution in [1.82, 2.24) is 10.2 Å². The highest BCUT2D eigenvalue weighted by atomic mass is 16.6. The van der Waals surface area contributed by atoms with Crippen LogP contribution in [0.25, 0.3) is 0 Å². The van der Waals surface area contributed by atoms with E-state index in [2.05, 4.69) is 5.32 Å². The van der Waals surface area contributed by atoms with Crippen LogP contribution in [0, 0.1) is 22.5 Å². The van der Waals surface area contributed by atoms with Gasteiger partial charge in [0.2, 0.25) is 0 Å². The molecule has 2 aliphatic rings. The Morgan fingerprint density at radius 3 is 2.48 bits per heavy atom. The van der Waals surface area contributed by atoms with Crippen molar-refractivity contribution in [2.24, 2.45) is 5.41 Å². The first-order valence-electron chi connectivity index (χ1n) is 8.26. The van der Waals surface area contributed by atoms with E-state index in [0.29, 0.717) is 18.5 Å². The third-order valence-electron chi connectivity index (χ3n) is 5.35. The lowest BCUT2D eigenvalue weighted by molar-refractivity contribution is -0.385. The molecule has 0 unspecified atom stereocenters. The van der Waals surface area contributed by atoms with Crippen molar-refractivity contribution >= 4 is 11.6 Å². The van der Waals surface area contributed by atoms with E-state index in [1.165, 1.54) is 18.9 Å². The maximum atomic E-state index is 12.8. The number of benzene rings is 1. The molecule has 1 spiro atoms. The number of hydrogen-bond acceptors (Lipinski definition) is 4. The highest BCUT2D eigenvalue weighted by Crippen LogP contribution is 2.40. The molecule has 0 bridgehead atoms. The number of piperidine rings is 2. The van der Waals surface area contributed by atoms with Crippen LogP contribution in [0.15, 0.2) is 18.2 Å². The Morgan fingerprint density at radius 1 is 1.22 bits per heavy atom. The molecule has 1 N–H and O–H groups in total. The molecule has 6 heteroatoms. The summed E-state index contributed by atoms with van der Waals surface area (Å²) in [6.07, 6.45) is 4.33. The molecule has 23 heavy (non-hydrogen) atoms. The lowest BCUT2D eigenvalue weighted by Gasteiger charge is -2.44. The zero-order valence-corrected chi connectivity index (χ0v) is 13.5. The molecule has 1 aromatic rings. The van der Waals surface area contributed by atoms with Crippen LogP contribution in [-0.4, -0.2) is 41.9 Å². The van der Waals surface area contributed by atoms with Crippen molar-refractivity contribution in [3.8, 4) is 0 Å². The number of carbonyl (C=O) groups excluding carboxylic acids is 1. The maximum absolute atomic E-state index is 12.8. The average Bonchev–Trinajstić information content (AvgIpc) is 2.55. The zero-order chi connectivity index (χ0) is 16.4. The van der Waals surface area contributed by atoms with Crippen molar-refractivity contribution < 1.29 is 9.72 Å². The van der Waals surface area contributed by atoms with Gasteiger partial charge in [-0.05, 0) is 62.7 Å². The molecule has 0 radical (unpaired) electrons. The molecule has 0 aliphatic carbocycles. The van der Waals surface area contributed by atoms with E-state index in [9.17, 15) is 14.9 Å². The first kappa shape index (κ1) is 15.9. The summed E-state index contributed by atoms with van der Waals surface area (Å²) in [6.45, 7) is 5.35. The van der Waals surface area contributed by atoms with Gasteiger partial charge >= 0.3 is 0 Å². The number of nitro benzene ring substituents is 1. The Morgan fingerprint density at radius 2 is 1.87 bits per heavy atom. The maximum Gasteiger partial charge on any atom is 0.282 e. The van der Waals surface area contributed by atoms with Gasteiger partial charge in [-0.25, -0.2) is 0 Å². The minimum Gasteiger partial charge on any atom is -0.338 e. The minimum atomic E-state index is -0.467. The highest BCUT2D eigenvalue weighted by molar-refractivity contribution is 5.98. The molecular weight excluding hydrogens is 294 g/mol. The van der Waals surface area contributed by atoms with Crippen molar-refractivity contribution in [2.45, 2.75) is 32.6 Å². The fourth-order valence-electron chi connectivity index (χ4n) is 3.79. The highest BCUT2D eigenvalue weighted by Gasteiger charge is 2.37. The SMILES string of the molecule is Cc1ccc([N+](=O)[O-])c(C(=O)N2CCC3(CCNCC3)CC2)c1. The van der Waals surface area contributed by atoms with Gasteiger partial charge in [0.15, 0.2) is 0 Å². The molecule has 2 saturated heterocycles. The van der Waals surface area contributed by atoms with Gasteiger partial charge in [0.05, 0.1) is 4.92 Å². The molecule has 2 aliphatic heterocycles. The number of likely N-dealkylation sites (tertiary alicyclic amines) is 1. The van der Waals surface area contributed by atoms with Crippen LogP contribution < -0.4 is 5.32 Å². The summed E-state index contributed by atoms with van der Waals surface area (Å²) in [4.78, 5) is 25.3. The molecule has 6 nitrogen and oxygen atoms in total. The predicted molar refractivity (Wildman–Crippen MR) is 87.5 cm³/mol. The Kier molecular flexibility index (Phi) is 4.35. The Labute approximate surface area is 136 Å². The predicted octanol–water partition coefficient (Wildman–Crippen LogP) is 2.51. The fraction of sp³-hybridized carbons (Fsp3) is 0.588. The zero-order valence-electron chi connectivity index (χ0n) is 13.5. The molecule has 0 atom stereocenters. The second-order valence-corrected chi connectivity index (χ2v) is 6.82. The Hall–Kier alpha value is -1.95. The Bertz CT molecular complexity index is 614. The van der Waals surface area contributed by atoms with Gasteiger partial charge in [0.25, 0.3) is 11.6 Å². The summed E-state index contributed by atoms with van der Waals surface area (Å²) in [6, 6.07) is 4.74. The van der Waals surface area contributed by atoms with Crippen LogP contribution in [-0.2, 0) is 0 Å². The number of hydrogen-bond donors (Lipinski definition) is 1. The minimum absolute atomic E-state index is 0.0947. The van der Waals surface area contributed by atoms with Gasteiger partial charge in [-0.2, -0.15) is 0 Å². The van der Waals surface area contributed by atoms with Crippen LogP contribution in [0.3, 0.4) is 0 Å². The van der Waals surface area contributed by atoms with Gasteiger partial charge in [-0.3, -0.25) is 14.9 Å². The Balaban J connectivity index is 1.75. The van der Waals surface area contributed by atoms with Crippen molar-refractivity contribution in [3.05, 3.63) is 39.4 Å². The molecule has 2 fully saturated rings. The lowest BCUT2D eigenvalue weighted by atomic mass is 9.71. The summed E-state index contributed by atoms with van der Waals surface area (Å²) in [7, 11) is 0. The number of carbonyl (C=O) groups is 1. The normalized spacial score (nSPS) is 20.5. The van der Waals surface area contributed by atoms with E-state index in [1.807, 2.05) is 6.92 Å². The molecule has 2 heterocycles. The smallest absolute Gasteiger partial charge is 0.282 e. The first-order valence-corrected chi connectivity index (χ1v) is 8.26. The van der Waals surface area contributed by atoms with E-state index in [1.54, 1.807) is 17.0 Å². The monoisotopic (exact) mass is 317 g/mol. The van der Waals surface area contributed by atoms with Gasteiger partial charge in [0.1, 0.15) is 5.56 Å². The van der Waals surface area contributed by atoms with Crippen molar-refractivity contribution in [3.63, 3.8) is 0 Å². The van der Waals surface area contributed by atoms with Crippen molar-refractivity contribution in [1.29, 1.82) is 0 Å². The number of rotatable bonds is 2. The summed E-state index contributed by atoms with van der Waals surface area (Å²) in [5.74, 6) is -0.204. The van der Waals surface area contributed by atoms with E-state index >= 15 is 0 Å². The molecule has 3 rings (SSSR count). The largest absolute Gasteiger partial charge is 0.338 e. The topological polar surface area (TPSA) is 75.5 Å². The number of aryl methyl sites for hydroxylation is 1. The first-order chi connectivity index (χ1) is 11.0. The standard InChI is InChI=1S/C17H23N3O3/c1-13-2-3-15(20(22)23)14(12-13)16(21)19-10-6-17(7-11-19)4-8-18-9-5-17/h2-3,12,18H,4-11H2,1H3. The fourth-order valence-corrected chi connectivity index (χ4v) is 3.79. The summed E-state index contributed by atoms with van der Waals surface area (Å²) >= 11 is 0. The number of nitro groups is 1. The van der Waals surface area contributed by atoms with Crippen LogP contribution in [0.4, 0.5) is 5.69 Å². The number of amides is 1. The van der Waals surface area contributed by atoms with Crippen LogP contribution in [0.2, 0.25) is 0 Å². The van der Waals surface area contributed by atoms with Gasteiger partial charge in [-0.1, -0.05) is 6.07 Å². The van der Waals surface area contributed by atoms with Gasteiger partial charge in [0, 0.05) is 19.2 Å². The van der Waals surface area contributed by atoms with Crippen LogP contribution in [0.5, 0.6) is 0 Å². The van der Waals surface area contributed by atoms with E-state index in [4.69, 9.17) is 0 Å². The van der Waals surface area contributed by atoms with Gasteiger partial charge in [-0.15, -0.1) is 0 Å².